The van der Waals surface area contributed by atoms with Gasteiger partial charge in [0.1, 0.15) is 24.1 Å². The van der Waals surface area contributed by atoms with Gasteiger partial charge in [-0.3, -0.25) is 11.1 Å². The van der Waals surface area contributed by atoms with E-state index >= 15 is 0 Å². The summed E-state index contributed by atoms with van der Waals surface area (Å²) >= 11 is 0. The summed E-state index contributed by atoms with van der Waals surface area (Å²) in [7, 11) is 0. The summed E-state index contributed by atoms with van der Waals surface area (Å²) < 4.78 is 0. The first-order valence-corrected chi connectivity index (χ1v) is 5.72. The van der Waals surface area contributed by atoms with Crippen molar-refractivity contribution in [1.29, 1.82) is 0 Å². The van der Waals surface area contributed by atoms with E-state index in [0.717, 1.165) is 5.56 Å². The van der Waals surface area contributed by atoms with Gasteiger partial charge in [-0.2, -0.15) is 0 Å². The lowest BCUT2D eigenvalue weighted by Gasteiger charge is -2.27. The van der Waals surface area contributed by atoms with Crippen LogP contribution in [0.1, 0.15) is 5.56 Å². The third-order valence-corrected chi connectivity index (χ3v) is 2.92. The molecule has 0 saturated heterocycles. The Kier molecular flexibility index (Phi) is 2.69. The number of nitrogens with one attached hydrogen (secondary N) is 1. The highest BCUT2D eigenvalue weighted by atomic mass is 16.3. The van der Waals surface area contributed by atoms with Crippen molar-refractivity contribution in [2.75, 3.05) is 0 Å². The first-order valence-electron chi connectivity index (χ1n) is 5.72. The quantitative estimate of drug-likeness (QED) is 0.663. The zero-order valence-corrected chi connectivity index (χ0v) is 9.98. The molecule has 19 heavy (non-hydrogen) atoms. The minimum absolute atomic E-state index is 0.205. The Balaban J connectivity index is 1.79. The first kappa shape index (κ1) is 11.7. The van der Waals surface area contributed by atoms with Gasteiger partial charge >= 0.3 is 0 Å². The van der Waals surface area contributed by atoms with Crippen LogP contribution >= 0.6 is 0 Å². The number of nitrogens with two attached hydrogens (primary N) is 1. The fourth-order valence-electron chi connectivity index (χ4n) is 1.88. The highest BCUT2D eigenvalue weighted by Gasteiger charge is 2.37. The lowest BCUT2D eigenvalue weighted by Crippen LogP contribution is -2.60. The molecule has 1 atom stereocenters. The van der Waals surface area contributed by atoms with E-state index in [-0.39, 0.29) is 5.75 Å². The second-order valence-corrected chi connectivity index (χ2v) is 4.17. The number of nitrogens with zero attached hydrogens (tertiary/aromatic N) is 4. The van der Waals surface area contributed by atoms with Crippen LogP contribution in [0.3, 0.4) is 0 Å². The van der Waals surface area contributed by atoms with Gasteiger partial charge in [0.15, 0.2) is 5.84 Å². The number of aromatic hydroxyl groups is 1. The fourth-order valence-corrected chi connectivity index (χ4v) is 1.88. The third kappa shape index (κ3) is 2.05. The molecule has 0 aliphatic carbocycles. The summed E-state index contributed by atoms with van der Waals surface area (Å²) in [5, 5.41) is 12.8. The molecule has 1 unspecified atom stereocenters. The molecule has 0 fully saturated rings. The normalized spacial score (nSPS) is 24.1. The van der Waals surface area contributed by atoms with Gasteiger partial charge in [0, 0.05) is 12.1 Å². The van der Waals surface area contributed by atoms with E-state index in [2.05, 4.69) is 25.3 Å². The molecule has 0 aromatic heterocycles. The molecule has 0 radical (unpaired) electrons. The number of benzene rings is 1. The molecule has 7 nitrogen and oxygen atoms in total. The van der Waals surface area contributed by atoms with Gasteiger partial charge in [-0.25, -0.2) is 20.0 Å². The molecule has 96 valence electrons. The number of hydrogen-bond donors (Lipinski definition) is 3. The predicted octanol–water partition coefficient (Wildman–Crippen LogP) is 0.0176. The lowest BCUT2D eigenvalue weighted by molar-refractivity contribution is 0.438. The molecule has 0 spiro atoms. The molecule has 2 aliphatic rings. The number of amidine groups is 1. The van der Waals surface area contributed by atoms with Crippen molar-refractivity contribution in [3.63, 3.8) is 0 Å². The van der Waals surface area contributed by atoms with Crippen LogP contribution in [-0.2, 0) is 6.54 Å². The van der Waals surface area contributed by atoms with E-state index in [9.17, 15) is 5.11 Å². The predicted molar refractivity (Wildman–Crippen MR) is 73.7 cm³/mol. The molecule has 7 heteroatoms. The van der Waals surface area contributed by atoms with Crippen LogP contribution in [-0.4, -0.2) is 35.1 Å². The van der Waals surface area contributed by atoms with Crippen molar-refractivity contribution in [2.45, 2.75) is 12.3 Å². The van der Waals surface area contributed by atoms with E-state index in [0.29, 0.717) is 18.1 Å². The van der Waals surface area contributed by atoms with E-state index in [1.807, 2.05) is 6.07 Å². The van der Waals surface area contributed by atoms with Crippen molar-refractivity contribution in [3.8, 4) is 5.75 Å². The number of phenolic OH excluding ortho intramolecular Hbond substituents is 1. The maximum absolute atomic E-state index is 9.71. The van der Waals surface area contributed by atoms with E-state index in [4.69, 9.17) is 5.73 Å². The smallest absolute Gasteiger partial charge is 0.211 e. The van der Waals surface area contributed by atoms with E-state index < -0.39 is 5.79 Å². The van der Waals surface area contributed by atoms with Crippen LogP contribution in [0, 0.1) is 0 Å². The minimum Gasteiger partial charge on any atom is -0.508 e. The van der Waals surface area contributed by atoms with E-state index in [1.54, 1.807) is 18.2 Å². The summed E-state index contributed by atoms with van der Waals surface area (Å²) in [6.45, 7) is 0.354. The van der Waals surface area contributed by atoms with Crippen molar-refractivity contribution in [1.82, 2.24) is 5.32 Å². The molecule has 0 saturated carbocycles. The highest BCUT2D eigenvalue weighted by molar-refractivity contribution is 6.50. The molecule has 2 heterocycles. The Hall–Kier alpha value is -2.38. The number of para-hydroxylation sites is 1. The van der Waals surface area contributed by atoms with Crippen LogP contribution in [0.4, 0.5) is 0 Å². The summed E-state index contributed by atoms with van der Waals surface area (Å²) in [4.78, 5) is 16.2. The van der Waals surface area contributed by atoms with Gasteiger partial charge in [0.05, 0.1) is 0 Å². The van der Waals surface area contributed by atoms with Gasteiger partial charge < -0.3 is 5.11 Å². The first-order chi connectivity index (χ1) is 9.19. The fraction of sp³-hybridized carbons (Fsp3) is 0.167. The van der Waals surface area contributed by atoms with Crippen LogP contribution in [0.5, 0.6) is 5.75 Å². The van der Waals surface area contributed by atoms with Crippen molar-refractivity contribution >= 4 is 24.2 Å². The van der Waals surface area contributed by atoms with E-state index in [1.165, 1.54) is 12.7 Å². The molecule has 0 bridgehead atoms. The molecular formula is C12H12N6O. The largest absolute Gasteiger partial charge is 0.508 e. The Labute approximate surface area is 109 Å². The minimum atomic E-state index is -1.17. The number of rotatable bonds is 3. The van der Waals surface area contributed by atoms with Gasteiger partial charge in [0.25, 0.3) is 0 Å². The van der Waals surface area contributed by atoms with Gasteiger partial charge in [-0.05, 0) is 6.07 Å². The molecule has 3 rings (SSSR count). The monoisotopic (exact) mass is 256 g/mol. The summed E-state index contributed by atoms with van der Waals surface area (Å²) in [6, 6.07) is 7.02. The van der Waals surface area contributed by atoms with Crippen molar-refractivity contribution in [3.05, 3.63) is 29.8 Å². The Morgan fingerprint density at radius 2 is 2.05 bits per heavy atom. The summed E-state index contributed by atoms with van der Waals surface area (Å²) in [5.41, 5.74) is 7.37. The van der Waals surface area contributed by atoms with Crippen LogP contribution < -0.4 is 11.1 Å². The zero-order valence-electron chi connectivity index (χ0n) is 9.98. The highest BCUT2D eigenvalue weighted by Crippen LogP contribution is 2.18. The third-order valence-electron chi connectivity index (χ3n) is 2.92. The van der Waals surface area contributed by atoms with Gasteiger partial charge in [-0.15, -0.1) is 0 Å². The number of phenols is 1. The summed E-state index contributed by atoms with van der Waals surface area (Å²) in [5.74, 6) is -0.505. The average Bonchev–Trinajstić information content (AvgIpc) is 2.88. The van der Waals surface area contributed by atoms with Crippen LogP contribution in [0.2, 0.25) is 0 Å². The molecule has 1 aromatic carbocycles. The second kappa shape index (κ2) is 4.38. The number of fused-ring (bicyclic) bond motifs is 1. The van der Waals surface area contributed by atoms with Crippen LogP contribution in [0.25, 0.3) is 0 Å². The Bertz CT molecular complexity index is 633. The summed E-state index contributed by atoms with van der Waals surface area (Å²) in [6.07, 6.45) is 2.75. The van der Waals surface area contributed by atoms with Gasteiger partial charge in [-0.1, -0.05) is 18.2 Å². The van der Waals surface area contributed by atoms with Gasteiger partial charge in [0.2, 0.25) is 5.79 Å². The standard InChI is InChI=1S/C12H12N6O/c13-12(10-11(15-6-14-10)16-7-18-12)17-5-8-3-1-2-4-9(8)19/h1-4,6-7,17,19H,5,13H2. The van der Waals surface area contributed by atoms with Crippen molar-refractivity contribution < 1.29 is 5.11 Å². The zero-order chi connectivity index (χ0) is 13.3. The number of hydrogen-bond acceptors (Lipinski definition) is 7. The Morgan fingerprint density at radius 1 is 1.21 bits per heavy atom. The SMILES string of the molecule is NC1(NCc2ccccc2O)N=CN=C2N=CN=C21. The second-order valence-electron chi connectivity index (χ2n) is 4.17. The molecule has 2 aliphatic heterocycles. The maximum atomic E-state index is 9.71. The topological polar surface area (TPSA) is 108 Å². The number of aliphatic imine (C=N–C) groups is 4. The van der Waals surface area contributed by atoms with Crippen molar-refractivity contribution in [2.24, 2.45) is 25.7 Å². The Morgan fingerprint density at radius 3 is 2.89 bits per heavy atom. The van der Waals surface area contributed by atoms with Crippen LogP contribution in [0.15, 0.2) is 44.2 Å². The lowest BCUT2D eigenvalue weighted by atomic mass is 10.1. The average molecular weight is 256 g/mol. The molecule has 0 amide bonds. The molecule has 1 aromatic rings. The molecular weight excluding hydrogens is 244 g/mol. The molecule has 4 N–H and O–H groups in total. The maximum Gasteiger partial charge on any atom is 0.211 e.